The zero-order chi connectivity index (χ0) is 13.8. The van der Waals surface area contributed by atoms with E-state index in [1.165, 1.54) is 12.1 Å². The molecule has 0 aromatic heterocycles. The second kappa shape index (κ2) is 6.15. The smallest absolute Gasteiger partial charge is 0.150 e. The second-order valence-electron chi connectivity index (χ2n) is 5.14. The van der Waals surface area contributed by atoms with Gasteiger partial charge in [0.1, 0.15) is 12.1 Å². The Kier molecular flexibility index (Phi) is 4.53. The highest BCUT2D eigenvalue weighted by Gasteiger charge is 2.22. The fourth-order valence-corrected chi connectivity index (χ4v) is 2.70. The monoisotopic (exact) mass is 264 g/mol. The first-order valence-electron chi connectivity index (χ1n) is 6.85. The molecule has 1 aliphatic rings. The van der Waals surface area contributed by atoms with Gasteiger partial charge < -0.3 is 9.80 Å². The molecule has 0 saturated carbocycles. The van der Waals surface area contributed by atoms with Crippen molar-refractivity contribution in [3.8, 4) is 0 Å². The van der Waals surface area contributed by atoms with E-state index in [-0.39, 0.29) is 5.82 Å². The van der Waals surface area contributed by atoms with E-state index < -0.39 is 0 Å². The molecular weight excluding hydrogens is 243 g/mol. The van der Waals surface area contributed by atoms with Gasteiger partial charge in [-0.15, -0.1) is 0 Å². The van der Waals surface area contributed by atoms with Crippen LogP contribution in [0.25, 0.3) is 0 Å². The molecule has 1 heterocycles. The molecule has 1 saturated heterocycles. The van der Waals surface area contributed by atoms with Gasteiger partial charge in [0.15, 0.2) is 0 Å². The number of carbonyl (C=O) groups is 1. The maximum atomic E-state index is 13.5. The molecule has 2 rings (SSSR count). The summed E-state index contributed by atoms with van der Waals surface area (Å²) in [6.07, 6.45) is 2.86. The Hall–Kier alpha value is -1.42. The SMILES string of the molecule is CCN1CCC(N(C)c2cc(F)cc(C=O)c2)CC1. The summed E-state index contributed by atoms with van der Waals surface area (Å²) in [5.74, 6) is -0.350. The average molecular weight is 264 g/mol. The normalized spacial score (nSPS) is 17.4. The largest absolute Gasteiger partial charge is 0.371 e. The number of aldehydes is 1. The molecular formula is C15H21FN2O. The van der Waals surface area contributed by atoms with Crippen LogP contribution >= 0.6 is 0 Å². The summed E-state index contributed by atoms with van der Waals surface area (Å²) in [6, 6.07) is 4.94. The van der Waals surface area contributed by atoms with E-state index in [0.29, 0.717) is 17.9 Å². The van der Waals surface area contributed by atoms with Gasteiger partial charge in [-0.2, -0.15) is 0 Å². The Balaban J connectivity index is 2.09. The van der Waals surface area contributed by atoms with Crippen molar-refractivity contribution in [1.82, 2.24) is 4.90 Å². The molecule has 3 nitrogen and oxygen atoms in total. The van der Waals surface area contributed by atoms with Crippen LogP contribution in [0, 0.1) is 5.82 Å². The highest BCUT2D eigenvalue weighted by molar-refractivity contribution is 5.77. The number of rotatable bonds is 4. The molecule has 0 aliphatic carbocycles. The first-order valence-corrected chi connectivity index (χ1v) is 6.85. The molecule has 0 amide bonds. The lowest BCUT2D eigenvalue weighted by Crippen LogP contribution is -2.43. The topological polar surface area (TPSA) is 23.6 Å². The zero-order valence-corrected chi connectivity index (χ0v) is 11.6. The van der Waals surface area contributed by atoms with Crippen molar-refractivity contribution in [3.05, 3.63) is 29.6 Å². The summed E-state index contributed by atoms with van der Waals surface area (Å²) in [4.78, 5) is 15.3. The van der Waals surface area contributed by atoms with E-state index >= 15 is 0 Å². The van der Waals surface area contributed by atoms with Crippen molar-refractivity contribution in [2.45, 2.75) is 25.8 Å². The quantitative estimate of drug-likeness (QED) is 0.781. The Labute approximate surface area is 114 Å². The molecule has 0 radical (unpaired) electrons. The van der Waals surface area contributed by atoms with Crippen LogP contribution in [0.2, 0.25) is 0 Å². The number of piperidine rings is 1. The molecule has 4 heteroatoms. The molecule has 0 spiro atoms. The van der Waals surface area contributed by atoms with Crippen LogP contribution in [-0.4, -0.2) is 43.9 Å². The molecule has 0 N–H and O–H groups in total. The van der Waals surface area contributed by atoms with E-state index in [1.807, 2.05) is 7.05 Å². The van der Waals surface area contributed by atoms with Crippen molar-refractivity contribution >= 4 is 12.0 Å². The first-order chi connectivity index (χ1) is 9.13. The Morgan fingerprint density at radius 1 is 1.37 bits per heavy atom. The molecule has 1 aliphatic heterocycles. The van der Waals surface area contributed by atoms with E-state index in [4.69, 9.17) is 0 Å². The Morgan fingerprint density at radius 3 is 2.63 bits per heavy atom. The minimum absolute atomic E-state index is 0.350. The van der Waals surface area contributed by atoms with Gasteiger partial charge in [0.2, 0.25) is 0 Å². The number of likely N-dealkylation sites (tertiary alicyclic amines) is 1. The highest BCUT2D eigenvalue weighted by Crippen LogP contribution is 2.23. The Bertz CT molecular complexity index is 442. The van der Waals surface area contributed by atoms with Crippen LogP contribution in [0.15, 0.2) is 18.2 Å². The van der Waals surface area contributed by atoms with Gasteiger partial charge in [-0.05, 0) is 37.6 Å². The van der Waals surface area contributed by atoms with Gasteiger partial charge in [-0.3, -0.25) is 4.79 Å². The maximum absolute atomic E-state index is 13.5. The van der Waals surface area contributed by atoms with E-state index in [0.717, 1.165) is 38.2 Å². The Morgan fingerprint density at radius 2 is 2.05 bits per heavy atom. The third-order valence-corrected chi connectivity index (χ3v) is 4.00. The summed E-state index contributed by atoms with van der Waals surface area (Å²) >= 11 is 0. The van der Waals surface area contributed by atoms with Crippen LogP contribution < -0.4 is 4.90 Å². The van der Waals surface area contributed by atoms with E-state index in [2.05, 4.69) is 16.7 Å². The molecule has 19 heavy (non-hydrogen) atoms. The molecule has 0 atom stereocenters. The minimum Gasteiger partial charge on any atom is -0.371 e. The molecule has 104 valence electrons. The molecule has 1 fully saturated rings. The molecule has 1 aromatic carbocycles. The summed E-state index contributed by atoms with van der Waals surface area (Å²) in [6.45, 7) is 5.43. The van der Waals surface area contributed by atoms with Gasteiger partial charge in [0.05, 0.1) is 0 Å². The van der Waals surface area contributed by atoms with Crippen molar-refractivity contribution in [2.75, 3.05) is 31.6 Å². The van der Waals surface area contributed by atoms with Crippen LogP contribution in [0.4, 0.5) is 10.1 Å². The maximum Gasteiger partial charge on any atom is 0.150 e. The lowest BCUT2D eigenvalue weighted by Gasteiger charge is -2.37. The van der Waals surface area contributed by atoms with Crippen molar-refractivity contribution in [1.29, 1.82) is 0 Å². The van der Waals surface area contributed by atoms with E-state index in [9.17, 15) is 9.18 Å². The molecule has 1 aromatic rings. The average Bonchev–Trinajstić information content (AvgIpc) is 2.46. The van der Waals surface area contributed by atoms with Crippen LogP contribution in [-0.2, 0) is 0 Å². The van der Waals surface area contributed by atoms with E-state index in [1.54, 1.807) is 6.07 Å². The predicted octanol–water partition coefficient (Wildman–Crippen LogP) is 2.56. The summed E-state index contributed by atoms with van der Waals surface area (Å²) in [5.41, 5.74) is 1.19. The number of nitrogens with zero attached hydrogens (tertiary/aromatic N) is 2. The lowest BCUT2D eigenvalue weighted by molar-refractivity contribution is 0.112. The van der Waals surface area contributed by atoms with Gasteiger partial charge >= 0.3 is 0 Å². The summed E-state index contributed by atoms with van der Waals surface area (Å²) in [5, 5.41) is 0. The van der Waals surface area contributed by atoms with Crippen molar-refractivity contribution < 1.29 is 9.18 Å². The standard InChI is InChI=1S/C15H21FN2O/c1-3-18-6-4-14(5-7-18)17(2)15-9-12(11-19)8-13(16)10-15/h8-11,14H,3-7H2,1-2H3. The minimum atomic E-state index is -0.350. The van der Waals surface area contributed by atoms with Crippen LogP contribution in [0.1, 0.15) is 30.1 Å². The molecule has 0 unspecified atom stereocenters. The van der Waals surface area contributed by atoms with Crippen molar-refractivity contribution in [2.24, 2.45) is 0 Å². The first kappa shape index (κ1) is 14.0. The van der Waals surface area contributed by atoms with Gasteiger partial charge in [0.25, 0.3) is 0 Å². The van der Waals surface area contributed by atoms with Crippen LogP contribution in [0.3, 0.4) is 0 Å². The fourth-order valence-electron chi connectivity index (χ4n) is 2.70. The summed E-state index contributed by atoms with van der Waals surface area (Å²) < 4.78 is 13.5. The molecule has 0 bridgehead atoms. The number of hydrogen-bond donors (Lipinski definition) is 0. The highest BCUT2D eigenvalue weighted by atomic mass is 19.1. The number of halogens is 1. The number of benzene rings is 1. The summed E-state index contributed by atoms with van der Waals surface area (Å²) in [7, 11) is 1.98. The zero-order valence-electron chi connectivity index (χ0n) is 11.6. The third-order valence-electron chi connectivity index (χ3n) is 4.00. The van der Waals surface area contributed by atoms with Gasteiger partial charge in [-0.1, -0.05) is 6.92 Å². The van der Waals surface area contributed by atoms with Gasteiger partial charge in [0, 0.05) is 37.4 Å². The van der Waals surface area contributed by atoms with Crippen molar-refractivity contribution in [3.63, 3.8) is 0 Å². The number of carbonyl (C=O) groups excluding carboxylic acids is 1. The predicted molar refractivity (Wildman–Crippen MR) is 75.3 cm³/mol. The number of hydrogen-bond acceptors (Lipinski definition) is 3. The van der Waals surface area contributed by atoms with Gasteiger partial charge in [-0.25, -0.2) is 4.39 Å². The number of anilines is 1. The fraction of sp³-hybridized carbons (Fsp3) is 0.533. The second-order valence-corrected chi connectivity index (χ2v) is 5.14. The third kappa shape index (κ3) is 3.32. The van der Waals surface area contributed by atoms with Crippen LogP contribution in [0.5, 0.6) is 0 Å². The lowest BCUT2D eigenvalue weighted by atomic mass is 10.0.